The zero-order valence-electron chi connectivity index (χ0n) is 14.9. The lowest BCUT2D eigenvalue weighted by molar-refractivity contribution is -0.132. The van der Waals surface area contributed by atoms with E-state index in [2.05, 4.69) is 26.1 Å². The van der Waals surface area contributed by atoms with E-state index in [-0.39, 0.29) is 24.2 Å². The molecule has 0 aliphatic carbocycles. The Morgan fingerprint density at radius 2 is 1.78 bits per heavy atom. The Balaban J connectivity index is 1.50. The Morgan fingerprint density at radius 3 is 2.37 bits per heavy atom. The van der Waals surface area contributed by atoms with Crippen LogP contribution >= 0.6 is 15.9 Å². The monoisotopic (exact) mass is 435 g/mol. The standard InChI is InChI=1S/C19H22BrN3O4/c20-17-6-5-16(27-17)19(26)21-15-3-1-14(2-4-15)13-18(25)23-9-7-22(8-10-23)11-12-24/h1-6,24H,7-13H2,(H,21,26). The molecule has 2 heterocycles. The fourth-order valence-electron chi connectivity index (χ4n) is 2.98. The van der Waals surface area contributed by atoms with Crippen LogP contribution in [0.2, 0.25) is 0 Å². The number of carbonyl (C=O) groups excluding carboxylic acids is 2. The molecule has 1 fully saturated rings. The molecule has 1 aliphatic heterocycles. The Bertz CT molecular complexity index is 783. The Kier molecular flexibility index (Phi) is 6.65. The molecular weight excluding hydrogens is 414 g/mol. The molecule has 2 aromatic rings. The third-order valence-corrected chi connectivity index (χ3v) is 4.93. The lowest BCUT2D eigenvalue weighted by Gasteiger charge is -2.34. The van der Waals surface area contributed by atoms with Gasteiger partial charge in [0, 0.05) is 38.4 Å². The van der Waals surface area contributed by atoms with Crippen LogP contribution in [-0.2, 0) is 11.2 Å². The van der Waals surface area contributed by atoms with Crippen molar-refractivity contribution in [2.24, 2.45) is 0 Å². The highest BCUT2D eigenvalue weighted by molar-refractivity contribution is 9.10. The van der Waals surface area contributed by atoms with E-state index in [0.717, 1.165) is 18.7 Å². The molecule has 0 radical (unpaired) electrons. The Morgan fingerprint density at radius 1 is 1.07 bits per heavy atom. The zero-order chi connectivity index (χ0) is 19.2. The van der Waals surface area contributed by atoms with E-state index >= 15 is 0 Å². The van der Waals surface area contributed by atoms with Gasteiger partial charge in [0.1, 0.15) is 0 Å². The van der Waals surface area contributed by atoms with Crippen LogP contribution < -0.4 is 5.32 Å². The number of furan rings is 1. The maximum atomic E-state index is 12.5. The van der Waals surface area contributed by atoms with Gasteiger partial charge in [-0.15, -0.1) is 0 Å². The number of aliphatic hydroxyl groups is 1. The molecule has 7 nitrogen and oxygen atoms in total. The molecule has 1 saturated heterocycles. The second-order valence-corrected chi connectivity index (χ2v) is 7.16. The molecule has 0 unspecified atom stereocenters. The molecule has 2 amide bonds. The first-order chi connectivity index (χ1) is 13.0. The van der Waals surface area contributed by atoms with Crippen molar-refractivity contribution in [2.75, 3.05) is 44.6 Å². The van der Waals surface area contributed by atoms with Crippen LogP contribution in [0.5, 0.6) is 0 Å². The SMILES string of the molecule is O=C(Nc1ccc(CC(=O)N2CCN(CCO)CC2)cc1)c1ccc(Br)o1. The smallest absolute Gasteiger partial charge is 0.291 e. The summed E-state index contributed by atoms with van der Waals surface area (Å²) in [5, 5.41) is 11.7. The number of carbonyl (C=O) groups is 2. The minimum atomic E-state index is -0.328. The molecule has 0 spiro atoms. The van der Waals surface area contributed by atoms with Gasteiger partial charge in [-0.2, -0.15) is 0 Å². The number of nitrogens with zero attached hydrogens (tertiary/aromatic N) is 2. The Hall–Kier alpha value is -2.16. The molecule has 1 aromatic heterocycles. The first kappa shape index (κ1) is 19.6. The highest BCUT2D eigenvalue weighted by Gasteiger charge is 2.20. The predicted octanol–water partition coefficient (Wildman–Crippen LogP) is 1.97. The predicted molar refractivity (Wildman–Crippen MR) is 105 cm³/mol. The van der Waals surface area contributed by atoms with Gasteiger partial charge in [0.25, 0.3) is 5.91 Å². The molecule has 27 heavy (non-hydrogen) atoms. The van der Waals surface area contributed by atoms with Crippen molar-refractivity contribution in [2.45, 2.75) is 6.42 Å². The molecule has 8 heteroatoms. The van der Waals surface area contributed by atoms with Crippen molar-refractivity contribution in [3.05, 3.63) is 52.4 Å². The topological polar surface area (TPSA) is 86.0 Å². The lowest BCUT2D eigenvalue weighted by Crippen LogP contribution is -2.49. The van der Waals surface area contributed by atoms with Crippen LogP contribution in [0.25, 0.3) is 0 Å². The van der Waals surface area contributed by atoms with Crippen molar-refractivity contribution < 1.29 is 19.1 Å². The summed E-state index contributed by atoms with van der Waals surface area (Å²) in [6, 6.07) is 10.5. The van der Waals surface area contributed by atoms with Crippen molar-refractivity contribution in [1.82, 2.24) is 9.80 Å². The summed E-state index contributed by atoms with van der Waals surface area (Å²) in [6.07, 6.45) is 0.333. The van der Waals surface area contributed by atoms with Crippen LogP contribution in [0, 0.1) is 0 Å². The van der Waals surface area contributed by atoms with Gasteiger partial charge < -0.3 is 19.7 Å². The van der Waals surface area contributed by atoms with Gasteiger partial charge in [-0.3, -0.25) is 14.5 Å². The van der Waals surface area contributed by atoms with E-state index in [1.54, 1.807) is 24.3 Å². The van der Waals surface area contributed by atoms with Gasteiger partial charge >= 0.3 is 0 Å². The first-order valence-electron chi connectivity index (χ1n) is 8.82. The molecule has 144 valence electrons. The number of piperazine rings is 1. The number of hydrogen-bond acceptors (Lipinski definition) is 5. The summed E-state index contributed by atoms with van der Waals surface area (Å²) < 4.78 is 5.72. The van der Waals surface area contributed by atoms with E-state index in [9.17, 15) is 9.59 Å². The van der Waals surface area contributed by atoms with Crippen LogP contribution in [0.1, 0.15) is 16.1 Å². The maximum absolute atomic E-state index is 12.5. The van der Waals surface area contributed by atoms with E-state index in [0.29, 0.717) is 36.4 Å². The van der Waals surface area contributed by atoms with E-state index < -0.39 is 0 Å². The average molecular weight is 436 g/mol. The summed E-state index contributed by atoms with van der Waals surface area (Å²) in [5.41, 5.74) is 1.54. The zero-order valence-corrected chi connectivity index (χ0v) is 16.4. The number of benzene rings is 1. The van der Waals surface area contributed by atoms with Gasteiger partial charge in [0.05, 0.1) is 13.0 Å². The number of hydrogen-bond donors (Lipinski definition) is 2. The number of aliphatic hydroxyl groups excluding tert-OH is 1. The number of halogens is 1. The maximum Gasteiger partial charge on any atom is 0.291 e. The number of anilines is 1. The van der Waals surface area contributed by atoms with Crippen molar-refractivity contribution >= 4 is 33.4 Å². The third-order valence-electron chi connectivity index (χ3n) is 4.51. The molecule has 1 aromatic carbocycles. The number of nitrogens with one attached hydrogen (secondary N) is 1. The van der Waals surface area contributed by atoms with E-state index in [1.807, 2.05) is 17.0 Å². The molecule has 0 saturated carbocycles. The summed E-state index contributed by atoms with van der Waals surface area (Å²) in [6.45, 7) is 3.76. The quantitative estimate of drug-likeness (QED) is 0.724. The summed E-state index contributed by atoms with van der Waals surface area (Å²) in [5.74, 6) is -0.0115. The fraction of sp³-hybridized carbons (Fsp3) is 0.368. The van der Waals surface area contributed by atoms with Crippen molar-refractivity contribution in [1.29, 1.82) is 0 Å². The molecule has 0 bridgehead atoms. The van der Waals surface area contributed by atoms with Gasteiger partial charge in [-0.1, -0.05) is 12.1 Å². The second kappa shape index (κ2) is 9.16. The third kappa shape index (κ3) is 5.41. The fourth-order valence-corrected chi connectivity index (χ4v) is 3.29. The highest BCUT2D eigenvalue weighted by Crippen LogP contribution is 2.17. The Labute approximate surface area is 166 Å². The largest absolute Gasteiger partial charge is 0.444 e. The minimum Gasteiger partial charge on any atom is -0.444 e. The highest BCUT2D eigenvalue weighted by atomic mass is 79.9. The van der Waals surface area contributed by atoms with Crippen LogP contribution in [0.15, 0.2) is 45.5 Å². The molecule has 0 atom stereocenters. The second-order valence-electron chi connectivity index (χ2n) is 6.38. The van der Waals surface area contributed by atoms with Crippen LogP contribution in [0.3, 0.4) is 0 Å². The van der Waals surface area contributed by atoms with Gasteiger partial charge in [-0.05, 0) is 45.8 Å². The molecule has 2 N–H and O–H groups in total. The first-order valence-corrected chi connectivity index (χ1v) is 9.61. The summed E-state index contributed by atoms with van der Waals surface area (Å²) >= 11 is 3.17. The number of β-amino-alcohol motifs (C(OH)–C–C–N with tert-alkyl or cyclic N) is 1. The normalized spacial score (nSPS) is 15.0. The summed E-state index contributed by atoms with van der Waals surface area (Å²) in [4.78, 5) is 28.5. The number of amides is 2. The van der Waals surface area contributed by atoms with Crippen molar-refractivity contribution in [3.63, 3.8) is 0 Å². The summed E-state index contributed by atoms with van der Waals surface area (Å²) in [7, 11) is 0. The van der Waals surface area contributed by atoms with Crippen molar-refractivity contribution in [3.8, 4) is 0 Å². The van der Waals surface area contributed by atoms with E-state index in [4.69, 9.17) is 9.52 Å². The molecule has 3 rings (SSSR count). The van der Waals surface area contributed by atoms with Crippen LogP contribution in [-0.4, -0.2) is 66.1 Å². The van der Waals surface area contributed by atoms with Gasteiger partial charge in [0.2, 0.25) is 5.91 Å². The minimum absolute atomic E-state index is 0.0934. The van der Waals surface area contributed by atoms with Crippen LogP contribution in [0.4, 0.5) is 5.69 Å². The van der Waals surface area contributed by atoms with Gasteiger partial charge in [-0.25, -0.2) is 0 Å². The molecular formula is C19H22BrN3O4. The van der Waals surface area contributed by atoms with Gasteiger partial charge in [0.15, 0.2) is 10.4 Å². The lowest BCUT2D eigenvalue weighted by atomic mass is 10.1. The molecule has 1 aliphatic rings. The number of rotatable bonds is 6. The van der Waals surface area contributed by atoms with E-state index in [1.165, 1.54) is 0 Å². The average Bonchev–Trinajstić information content (AvgIpc) is 3.11.